The Morgan fingerprint density at radius 1 is 1.44 bits per heavy atom. The van der Waals surface area contributed by atoms with Gasteiger partial charge < -0.3 is 20.2 Å². The second-order valence-electron chi connectivity index (χ2n) is 1.44. The van der Waals surface area contributed by atoms with Crippen LogP contribution in [-0.2, 0) is 4.74 Å². The van der Waals surface area contributed by atoms with Crippen LogP contribution >= 0.6 is 0 Å². The van der Waals surface area contributed by atoms with Gasteiger partial charge in [-0.15, -0.1) is 5.34 Å². The minimum atomic E-state index is 0.889. The van der Waals surface area contributed by atoms with Gasteiger partial charge in [0.25, 0.3) is 0 Å². The average molecular weight is 133 g/mol. The second-order valence-corrected chi connectivity index (χ2v) is 1.44. The molecule has 0 aliphatic carbocycles. The average Bonchev–Trinajstić information content (AvgIpc) is 1.93. The van der Waals surface area contributed by atoms with Crippen LogP contribution in [0.2, 0.25) is 0 Å². The number of hydrogen-bond acceptors (Lipinski definition) is 5. The summed E-state index contributed by atoms with van der Waals surface area (Å²) in [5.41, 5.74) is 0. The normalized spacial score (nSPS) is 17.3. The number of morpholine rings is 1. The van der Waals surface area contributed by atoms with E-state index in [0.717, 1.165) is 31.6 Å². The lowest BCUT2D eigenvalue weighted by molar-refractivity contribution is 0.109. The van der Waals surface area contributed by atoms with Gasteiger partial charge in [0.05, 0.1) is 13.2 Å². The maximum Gasteiger partial charge on any atom is 0.0591 e. The molecule has 0 aromatic rings. The van der Waals surface area contributed by atoms with Crippen molar-refractivity contribution in [3.63, 3.8) is 0 Å². The Balaban J connectivity index is 0.000000187. The molecule has 54 valence electrons. The second kappa shape index (κ2) is 7.32. The molecule has 1 saturated heterocycles. The van der Waals surface area contributed by atoms with Gasteiger partial charge in [-0.1, -0.05) is 0 Å². The molecule has 0 saturated carbocycles. The molecule has 0 radical (unpaired) electrons. The van der Waals surface area contributed by atoms with Crippen LogP contribution in [0.5, 0.6) is 0 Å². The van der Waals surface area contributed by atoms with Crippen LogP contribution in [0.4, 0.5) is 0 Å². The van der Waals surface area contributed by atoms with Gasteiger partial charge >= 0.3 is 0 Å². The van der Waals surface area contributed by atoms with Crippen molar-refractivity contribution in [2.75, 3.05) is 26.3 Å². The summed E-state index contributed by atoms with van der Waals surface area (Å²) in [4.78, 5) is 8.00. The Kier molecular flexibility index (Phi) is 6.77. The summed E-state index contributed by atoms with van der Waals surface area (Å²) in [5, 5.41) is 12.2. The number of rotatable bonds is 0. The van der Waals surface area contributed by atoms with E-state index in [4.69, 9.17) is 14.9 Å². The van der Waals surface area contributed by atoms with Gasteiger partial charge in [0.15, 0.2) is 0 Å². The monoisotopic (exact) mass is 133 g/mol. The van der Waals surface area contributed by atoms with Gasteiger partial charge in [-0.3, -0.25) is 0 Å². The summed E-state index contributed by atoms with van der Waals surface area (Å²) in [6.07, 6.45) is 0. The lowest BCUT2D eigenvalue weighted by Crippen LogP contribution is -2.30. The molecule has 1 heterocycles. The zero-order valence-electron chi connectivity index (χ0n) is 5.00. The summed E-state index contributed by atoms with van der Waals surface area (Å²) in [5.74, 6) is 0. The van der Waals surface area contributed by atoms with Crippen molar-refractivity contribution in [1.82, 2.24) is 5.32 Å². The summed E-state index contributed by atoms with van der Waals surface area (Å²) in [6, 6.07) is 0. The van der Waals surface area contributed by atoms with Gasteiger partial charge in [0.1, 0.15) is 0 Å². The molecule has 0 atom stereocenters. The van der Waals surface area contributed by atoms with Gasteiger partial charge in [0.2, 0.25) is 0 Å². The first-order chi connectivity index (χ1) is 4.41. The van der Waals surface area contributed by atoms with Gasteiger partial charge in [-0.05, 0) is 0 Å². The SMILES string of the molecule is C1COCCN1.O=N[O-]. The zero-order chi connectivity index (χ0) is 6.95. The largest absolute Gasteiger partial charge is 0.444 e. The van der Waals surface area contributed by atoms with E-state index in [1.807, 2.05) is 0 Å². The summed E-state index contributed by atoms with van der Waals surface area (Å²) in [7, 11) is 0. The van der Waals surface area contributed by atoms with E-state index in [-0.39, 0.29) is 0 Å². The van der Waals surface area contributed by atoms with Crippen LogP contribution in [0.3, 0.4) is 0 Å². The Morgan fingerprint density at radius 2 is 1.89 bits per heavy atom. The summed E-state index contributed by atoms with van der Waals surface area (Å²) >= 11 is 0. The molecule has 1 rings (SSSR count). The number of hydrogen-bond donors (Lipinski definition) is 1. The minimum absolute atomic E-state index is 0.889. The van der Waals surface area contributed by atoms with Gasteiger partial charge in [-0.25, -0.2) is 0 Å². The van der Waals surface area contributed by atoms with Crippen molar-refractivity contribution < 1.29 is 4.74 Å². The number of nitrogens with zero attached hydrogens (tertiary/aromatic N) is 1. The Hall–Kier alpha value is -0.680. The third-order valence-corrected chi connectivity index (χ3v) is 0.846. The first kappa shape index (κ1) is 8.32. The van der Waals surface area contributed by atoms with E-state index in [2.05, 4.69) is 5.32 Å². The first-order valence-corrected chi connectivity index (χ1v) is 2.65. The quantitative estimate of drug-likeness (QED) is 0.368. The van der Waals surface area contributed by atoms with E-state index >= 15 is 0 Å². The molecular formula is C4H9N2O3-. The van der Waals surface area contributed by atoms with Gasteiger partial charge in [0, 0.05) is 13.1 Å². The first-order valence-electron chi connectivity index (χ1n) is 2.65. The topological polar surface area (TPSA) is 73.8 Å². The molecule has 5 heteroatoms. The lowest BCUT2D eigenvalue weighted by atomic mass is 10.5. The molecular weight excluding hydrogens is 124 g/mol. The third kappa shape index (κ3) is 7.32. The summed E-state index contributed by atoms with van der Waals surface area (Å²) < 4.78 is 5.01. The fourth-order valence-corrected chi connectivity index (χ4v) is 0.516. The standard InChI is InChI=1S/C4H9NO.HNO2/c1-3-6-4-2-5-1;2-1-3/h5H,1-4H2;(H,2,3)/p-1. The molecule has 1 aliphatic rings. The van der Waals surface area contributed by atoms with E-state index in [1.54, 1.807) is 0 Å². The molecule has 1 aliphatic heterocycles. The fourth-order valence-electron chi connectivity index (χ4n) is 0.516. The molecule has 9 heavy (non-hydrogen) atoms. The Labute approximate surface area is 52.9 Å². The molecule has 0 unspecified atom stereocenters. The zero-order valence-corrected chi connectivity index (χ0v) is 5.00. The predicted octanol–water partition coefficient (Wildman–Crippen LogP) is -0.143. The Morgan fingerprint density at radius 3 is 2.00 bits per heavy atom. The number of ether oxygens (including phenoxy) is 1. The highest BCUT2D eigenvalue weighted by molar-refractivity contribution is 4.49. The number of nitrogens with one attached hydrogen (secondary N) is 1. The Bertz CT molecular complexity index is 53.3. The predicted molar refractivity (Wildman–Crippen MR) is 32.9 cm³/mol. The molecule has 0 amide bonds. The van der Waals surface area contributed by atoms with E-state index in [0.29, 0.717) is 0 Å². The highest BCUT2D eigenvalue weighted by Crippen LogP contribution is 1.76. The molecule has 5 nitrogen and oxygen atoms in total. The smallest absolute Gasteiger partial charge is 0.0591 e. The van der Waals surface area contributed by atoms with E-state index in [9.17, 15) is 0 Å². The van der Waals surface area contributed by atoms with Crippen LogP contribution < -0.4 is 5.32 Å². The lowest BCUT2D eigenvalue weighted by Gasteiger charge is -2.10. The minimum Gasteiger partial charge on any atom is -0.444 e. The van der Waals surface area contributed by atoms with Crippen molar-refractivity contribution in [1.29, 1.82) is 0 Å². The van der Waals surface area contributed by atoms with Gasteiger partial charge in [-0.2, -0.15) is 0 Å². The van der Waals surface area contributed by atoms with Crippen molar-refractivity contribution >= 4 is 0 Å². The summed E-state index contributed by atoms with van der Waals surface area (Å²) in [6.45, 7) is 3.83. The van der Waals surface area contributed by atoms with Crippen LogP contribution in [0.15, 0.2) is 5.34 Å². The molecule has 0 aromatic carbocycles. The molecule has 1 N–H and O–H groups in total. The van der Waals surface area contributed by atoms with Crippen molar-refractivity contribution in [2.45, 2.75) is 0 Å². The van der Waals surface area contributed by atoms with Crippen LogP contribution in [0.25, 0.3) is 0 Å². The third-order valence-electron chi connectivity index (χ3n) is 0.846. The highest BCUT2D eigenvalue weighted by atomic mass is 16.6. The van der Waals surface area contributed by atoms with Crippen molar-refractivity contribution in [3.05, 3.63) is 10.1 Å². The fraction of sp³-hybridized carbons (Fsp3) is 1.00. The van der Waals surface area contributed by atoms with Crippen molar-refractivity contribution in [2.24, 2.45) is 5.34 Å². The maximum atomic E-state index is 8.00. The molecule has 0 spiro atoms. The van der Waals surface area contributed by atoms with Crippen LogP contribution in [-0.4, -0.2) is 26.3 Å². The van der Waals surface area contributed by atoms with Crippen LogP contribution in [0.1, 0.15) is 0 Å². The van der Waals surface area contributed by atoms with E-state index in [1.165, 1.54) is 0 Å². The van der Waals surface area contributed by atoms with E-state index < -0.39 is 0 Å². The highest BCUT2D eigenvalue weighted by Gasteiger charge is 1.92. The van der Waals surface area contributed by atoms with Crippen molar-refractivity contribution in [3.8, 4) is 0 Å². The molecule has 0 aromatic heterocycles. The molecule has 0 bridgehead atoms. The molecule has 1 fully saturated rings. The van der Waals surface area contributed by atoms with Crippen LogP contribution in [0, 0.1) is 10.1 Å². The maximum absolute atomic E-state index is 8.00.